The number of alkyl halides is 3. The number of hydrogen-bond acceptors (Lipinski definition) is 4. The van der Waals surface area contributed by atoms with Crippen LogP contribution in [0.2, 0.25) is 0 Å². The molecule has 0 fully saturated rings. The number of halogens is 4. The molecule has 1 heterocycles. The molecule has 2 aromatic carbocycles. The van der Waals surface area contributed by atoms with Crippen LogP contribution in [0, 0.1) is 5.82 Å². The Balaban J connectivity index is 2.05. The highest BCUT2D eigenvalue weighted by Crippen LogP contribution is 2.39. The van der Waals surface area contributed by atoms with E-state index in [-0.39, 0.29) is 40.8 Å². The van der Waals surface area contributed by atoms with Crippen molar-refractivity contribution in [1.29, 1.82) is 0 Å². The van der Waals surface area contributed by atoms with E-state index in [4.69, 9.17) is 5.73 Å². The van der Waals surface area contributed by atoms with E-state index >= 15 is 0 Å². The van der Waals surface area contributed by atoms with Gasteiger partial charge in [0, 0.05) is 31.6 Å². The van der Waals surface area contributed by atoms with Crippen molar-refractivity contribution in [2.45, 2.75) is 12.6 Å². The zero-order valence-electron chi connectivity index (χ0n) is 15.5. The Labute approximate surface area is 163 Å². The van der Waals surface area contributed by atoms with E-state index in [9.17, 15) is 22.4 Å². The van der Waals surface area contributed by atoms with Crippen LogP contribution >= 0.6 is 0 Å². The molecule has 0 aliphatic heterocycles. The Bertz CT molecular complexity index is 1040. The second-order valence-corrected chi connectivity index (χ2v) is 6.59. The Hall–Kier alpha value is -3.43. The maximum Gasteiger partial charge on any atom is 0.417 e. The molecule has 0 radical (unpaired) electrons. The number of aromatic nitrogens is 3. The van der Waals surface area contributed by atoms with E-state index < -0.39 is 23.1 Å². The Morgan fingerprint density at radius 3 is 2.34 bits per heavy atom. The average molecular weight is 407 g/mol. The molecule has 0 spiro atoms. The maximum atomic E-state index is 14.8. The first kappa shape index (κ1) is 20.3. The van der Waals surface area contributed by atoms with Crippen molar-refractivity contribution in [3.63, 3.8) is 0 Å². The molecule has 3 aromatic rings. The van der Waals surface area contributed by atoms with Crippen LogP contribution in [-0.4, -0.2) is 40.1 Å². The van der Waals surface area contributed by atoms with Gasteiger partial charge in [-0.05, 0) is 35.4 Å². The quantitative estimate of drug-likeness (QED) is 0.648. The van der Waals surface area contributed by atoms with Crippen LogP contribution in [0.3, 0.4) is 0 Å². The molecule has 0 aliphatic rings. The lowest BCUT2D eigenvalue weighted by Gasteiger charge is -2.16. The maximum absolute atomic E-state index is 14.8. The number of anilines is 1. The lowest BCUT2D eigenvalue weighted by molar-refractivity contribution is -0.137. The molecule has 0 saturated heterocycles. The predicted octanol–water partition coefficient (Wildman–Crippen LogP) is 3.50. The number of carbonyl (C=O) groups excluding carboxylic acids is 1. The van der Waals surface area contributed by atoms with Crippen molar-refractivity contribution >= 4 is 11.9 Å². The largest absolute Gasteiger partial charge is 0.417 e. The minimum Gasteiger partial charge on any atom is -0.367 e. The summed E-state index contributed by atoms with van der Waals surface area (Å²) in [5.74, 6) is -1.18. The van der Waals surface area contributed by atoms with Crippen molar-refractivity contribution in [2.75, 3.05) is 19.8 Å². The van der Waals surface area contributed by atoms with Crippen molar-refractivity contribution in [2.24, 2.45) is 0 Å². The van der Waals surface area contributed by atoms with E-state index in [0.29, 0.717) is 0 Å². The van der Waals surface area contributed by atoms with Gasteiger partial charge in [0.2, 0.25) is 5.95 Å². The second-order valence-electron chi connectivity index (χ2n) is 6.59. The number of nitrogens with two attached hydrogens (primary N) is 1. The number of aromatic amines is 1. The lowest BCUT2D eigenvalue weighted by Crippen LogP contribution is -2.21. The molecule has 0 bridgehead atoms. The smallest absolute Gasteiger partial charge is 0.367 e. The average Bonchev–Trinajstić information content (AvgIpc) is 3.04. The summed E-state index contributed by atoms with van der Waals surface area (Å²) in [6.07, 6.45) is -4.88. The van der Waals surface area contributed by atoms with E-state index in [1.54, 1.807) is 14.1 Å². The van der Waals surface area contributed by atoms with E-state index in [1.807, 2.05) is 0 Å². The topological polar surface area (TPSA) is 87.9 Å². The van der Waals surface area contributed by atoms with Crippen LogP contribution in [0.1, 0.15) is 27.3 Å². The molecule has 0 saturated carbocycles. The first-order chi connectivity index (χ1) is 13.6. The van der Waals surface area contributed by atoms with Crippen LogP contribution in [0.5, 0.6) is 0 Å². The normalized spacial score (nSPS) is 11.5. The van der Waals surface area contributed by atoms with E-state index in [0.717, 1.165) is 12.1 Å². The minimum absolute atomic E-state index is 0.0144. The number of nitrogens with one attached hydrogen (secondary N) is 1. The number of benzene rings is 2. The Kier molecular flexibility index (Phi) is 5.27. The zero-order chi connectivity index (χ0) is 21.3. The van der Waals surface area contributed by atoms with Crippen molar-refractivity contribution in [1.82, 2.24) is 20.1 Å². The molecular weight excluding hydrogens is 390 g/mol. The summed E-state index contributed by atoms with van der Waals surface area (Å²) in [6.45, 7) is 0. The SMILES string of the molecule is CN(C)C(=O)c1ccc(-c2c(F)cc(Cc3nc(N)n[nH]3)cc2C(F)(F)F)cc1. The van der Waals surface area contributed by atoms with Gasteiger partial charge in [-0.25, -0.2) is 4.39 Å². The molecule has 0 aliphatic carbocycles. The van der Waals surface area contributed by atoms with Crippen LogP contribution < -0.4 is 5.73 Å². The number of H-pyrrole nitrogens is 1. The lowest BCUT2D eigenvalue weighted by atomic mass is 9.94. The summed E-state index contributed by atoms with van der Waals surface area (Å²) in [7, 11) is 3.11. The number of carbonyl (C=O) groups is 1. The van der Waals surface area contributed by atoms with Crippen molar-refractivity contribution in [3.8, 4) is 11.1 Å². The van der Waals surface area contributed by atoms with Gasteiger partial charge in [-0.3, -0.25) is 9.89 Å². The van der Waals surface area contributed by atoms with Gasteiger partial charge in [0.25, 0.3) is 5.91 Å². The predicted molar refractivity (Wildman–Crippen MR) is 98.5 cm³/mol. The van der Waals surface area contributed by atoms with Gasteiger partial charge in [-0.1, -0.05) is 12.1 Å². The number of rotatable bonds is 4. The minimum atomic E-state index is -4.79. The summed E-state index contributed by atoms with van der Waals surface area (Å²) in [5, 5.41) is 6.08. The van der Waals surface area contributed by atoms with E-state index in [1.165, 1.54) is 29.2 Å². The Morgan fingerprint density at radius 2 is 1.83 bits per heavy atom. The fourth-order valence-electron chi connectivity index (χ4n) is 2.90. The standard InChI is InChI=1S/C19H17F4N5O/c1-28(2)17(29)12-5-3-11(4-6-12)16-13(19(21,22)23)7-10(8-14(16)20)9-15-25-18(24)27-26-15/h3-8H,9H2,1-2H3,(H3,24,25,26,27). The van der Waals surface area contributed by atoms with Gasteiger partial charge < -0.3 is 10.6 Å². The van der Waals surface area contributed by atoms with Gasteiger partial charge in [0.15, 0.2) is 0 Å². The third-order valence-corrected chi connectivity index (χ3v) is 4.20. The fourth-order valence-corrected chi connectivity index (χ4v) is 2.90. The third kappa shape index (κ3) is 4.36. The molecular formula is C19H17F4N5O. The second kappa shape index (κ2) is 7.53. The van der Waals surface area contributed by atoms with Crippen LogP contribution in [0.4, 0.5) is 23.5 Å². The summed E-state index contributed by atoms with van der Waals surface area (Å²) < 4.78 is 55.8. The summed E-state index contributed by atoms with van der Waals surface area (Å²) in [6, 6.07) is 7.20. The van der Waals surface area contributed by atoms with Crippen molar-refractivity contribution < 1.29 is 22.4 Å². The van der Waals surface area contributed by atoms with Gasteiger partial charge >= 0.3 is 6.18 Å². The number of nitrogens with zero attached hydrogens (tertiary/aromatic N) is 3. The van der Waals surface area contributed by atoms with Crippen LogP contribution in [-0.2, 0) is 12.6 Å². The van der Waals surface area contributed by atoms with Crippen LogP contribution in [0.25, 0.3) is 11.1 Å². The molecule has 0 atom stereocenters. The Morgan fingerprint density at radius 1 is 1.17 bits per heavy atom. The molecule has 0 unspecified atom stereocenters. The van der Waals surface area contributed by atoms with Crippen LogP contribution in [0.15, 0.2) is 36.4 Å². The molecule has 29 heavy (non-hydrogen) atoms. The molecule has 3 N–H and O–H groups in total. The third-order valence-electron chi connectivity index (χ3n) is 4.20. The highest BCUT2D eigenvalue weighted by atomic mass is 19.4. The number of hydrogen-bond donors (Lipinski definition) is 2. The van der Waals surface area contributed by atoms with E-state index in [2.05, 4.69) is 15.2 Å². The summed E-state index contributed by atoms with van der Waals surface area (Å²) >= 11 is 0. The fraction of sp³-hybridized carbons (Fsp3) is 0.211. The summed E-state index contributed by atoms with van der Waals surface area (Å²) in [5.41, 5.74) is 4.04. The molecule has 10 heteroatoms. The van der Waals surface area contributed by atoms with Gasteiger partial charge in [0.05, 0.1) is 5.56 Å². The molecule has 1 amide bonds. The number of amides is 1. The van der Waals surface area contributed by atoms with Crippen molar-refractivity contribution in [3.05, 3.63) is 64.7 Å². The molecule has 3 rings (SSSR count). The highest BCUT2D eigenvalue weighted by Gasteiger charge is 2.35. The first-order valence-corrected chi connectivity index (χ1v) is 8.44. The van der Waals surface area contributed by atoms with Gasteiger partial charge in [-0.15, -0.1) is 5.10 Å². The molecule has 1 aromatic heterocycles. The molecule has 6 nitrogen and oxygen atoms in total. The molecule has 152 valence electrons. The van der Waals surface area contributed by atoms with Gasteiger partial charge in [0.1, 0.15) is 11.6 Å². The number of nitrogen functional groups attached to an aromatic ring is 1. The zero-order valence-corrected chi connectivity index (χ0v) is 15.5. The summed E-state index contributed by atoms with van der Waals surface area (Å²) in [4.78, 5) is 17.1. The first-order valence-electron chi connectivity index (χ1n) is 8.44. The monoisotopic (exact) mass is 407 g/mol. The van der Waals surface area contributed by atoms with Gasteiger partial charge in [-0.2, -0.15) is 18.2 Å². The highest BCUT2D eigenvalue weighted by molar-refractivity contribution is 5.94.